The monoisotopic (exact) mass is 280 g/mol. The van der Waals surface area contributed by atoms with E-state index in [-0.39, 0.29) is 24.4 Å². The first-order valence-electron chi connectivity index (χ1n) is 6.94. The number of urea groups is 1. The van der Waals surface area contributed by atoms with E-state index in [4.69, 9.17) is 9.52 Å². The van der Waals surface area contributed by atoms with Crippen molar-refractivity contribution in [3.8, 4) is 0 Å². The smallest absolute Gasteiger partial charge is 0.371 e. The molecule has 1 aliphatic heterocycles. The van der Waals surface area contributed by atoms with Crippen LogP contribution in [0.2, 0.25) is 0 Å². The fourth-order valence-electron chi connectivity index (χ4n) is 2.43. The van der Waals surface area contributed by atoms with Crippen LogP contribution in [0.5, 0.6) is 0 Å². The van der Waals surface area contributed by atoms with Crippen LogP contribution < -0.4 is 5.32 Å². The molecule has 1 saturated heterocycles. The van der Waals surface area contributed by atoms with E-state index in [1.165, 1.54) is 6.07 Å². The van der Waals surface area contributed by atoms with Crippen molar-refractivity contribution in [3.05, 3.63) is 23.7 Å². The maximum Gasteiger partial charge on any atom is 0.371 e. The molecule has 1 fully saturated rings. The maximum absolute atomic E-state index is 12.1. The number of furan rings is 1. The molecule has 2 rings (SSSR count). The number of nitrogens with one attached hydrogen (secondary N) is 1. The number of likely N-dealkylation sites (tertiary alicyclic amines) is 1. The molecule has 0 radical (unpaired) electrons. The van der Waals surface area contributed by atoms with Crippen molar-refractivity contribution in [1.29, 1.82) is 0 Å². The molecule has 1 aliphatic rings. The van der Waals surface area contributed by atoms with Crippen molar-refractivity contribution < 1.29 is 19.1 Å². The summed E-state index contributed by atoms with van der Waals surface area (Å²) < 4.78 is 5.10. The lowest BCUT2D eigenvalue weighted by Gasteiger charge is -2.27. The minimum Gasteiger partial charge on any atom is -0.475 e. The van der Waals surface area contributed by atoms with E-state index in [1.54, 1.807) is 6.07 Å². The van der Waals surface area contributed by atoms with Crippen LogP contribution in [0.15, 0.2) is 16.5 Å². The van der Waals surface area contributed by atoms with Gasteiger partial charge in [-0.15, -0.1) is 0 Å². The predicted octanol–water partition coefficient (Wildman–Crippen LogP) is 2.45. The number of carboxylic acid groups (broad SMARTS) is 1. The van der Waals surface area contributed by atoms with Crippen LogP contribution in [0.1, 0.15) is 48.9 Å². The Bertz CT molecular complexity index is 483. The second-order valence-corrected chi connectivity index (χ2v) is 5.12. The van der Waals surface area contributed by atoms with Gasteiger partial charge >= 0.3 is 12.0 Å². The van der Waals surface area contributed by atoms with Gasteiger partial charge in [0, 0.05) is 12.6 Å². The molecule has 1 aromatic rings. The lowest BCUT2D eigenvalue weighted by atomic mass is 10.1. The number of rotatable bonds is 3. The number of nitrogens with zero attached hydrogens (tertiary/aromatic N) is 1. The average Bonchev–Trinajstić information content (AvgIpc) is 2.79. The second-order valence-electron chi connectivity index (χ2n) is 5.12. The molecular weight excluding hydrogens is 260 g/mol. The predicted molar refractivity (Wildman–Crippen MR) is 72.5 cm³/mol. The summed E-state index contributed by atoms with van der Waals surface area (Å²) in [5, 5.41) is 11.5. The highest BCUT2D eigenvalue weighted by Crippen LogP contribution is 2.16. The summed E-state index contributed by atoms with van der Waals surface area (Å²) in [6.07, 6.45) is 4.37. The Morgan fingerprint density at radius 2 is 2.20 bits per heavy atom. The summed E-state index contributed by atoms with van der Waals surface area (Å²) >= 11 is 0. The summed E-state index contributed by atoms with van der Waals surface area (Å²) in [5.41, 5.74) is 0. The molecule has 0 bridgehead atoms. The van der Waals surface area contributed by atoms with Crippen molar-refractivity contribution in [2.75, 3.05) is 6.54 Å². The molecule has 1 aromatic heterocycles. The molecule has 0 saturated carbocycles. The van der Waals surface area contributed by atoms with Gasteiger partial charge in [-0.05, 0) is 31.9 Å². The molecule has 1 atom stereocenters. The number of carbonyl (C=O) groups excluding carboxylic acids is 1. The Balaban J connectivity index is 1.88. The van der Waals surface area contributed by atoms with E-state index in [1.807, 2.05) is 4.90 Å². The van der Waals surface area contributed by atoms with Crippen molar-refractivity contribution in [2.24, 2.45) is 0 Å². The van der Waals surface area contributed by atoms with Gasteiger partial charge in [-0.2, -0.15) is 0 Å². The highest BCUT2D eigenvalue weighted by atomic mass is 16.4. The number of aromatic carboxylic acids is 1. The molecule has 6 heteroatoms. The minimum absolute atomic E-state index is 0.114. The molecule has 0 spiro atoms. The third-order valence-electron chi connectivity index (χ3n) is 3.60. The van der Waals surface area contributed by atoms with Gasteiger partial charge in [-0.25, -0.2) is 9.59 Å². The van der Waals surface area contributed by atoms with E-state index in [0.29, 0.717) is 5.76 Å². The molecule has 2 amide bonds. The topological polar surface area (TPSA) is 82.8 Å². The Kier molecular flexibility index (Phi) is 4.65. The summed E-state index contributed by atoms with van der Waals surface area (Å²) in [5.74, 6) is -0.778. The zero-order chi connectivity index (χ0) is 14.5. The van der Waals surface area contributed by atoms with Gasteiger partial charge in [0.1, 0.15) is 5.76 Å². The van der Waals surface area contributed by atoms with E-state index in [2.05, 4.69) is 12.2 Å². The van der Waals surface area contributed by atoms with Crippen LogP contribution in [-0.4, -0.2) is 34.6 Å². The molecule has 1 unspecified atom stereocenters. The van der Waals surface area contributed by atoms with Gasteiger partial charge in [-0.3, -0.25) is 0 Å². The Hall–Kier alpha value is -1.98. The van der Waals surface area contributed by atoms with Gasteiger partial charge < -0.3 is 19.7 Å². The lowest BCUT2D eigenvalue weighted by molar-refractivity contribution is 0.0660. The van der Waals surface area contributed by atoms with Crippen LogP contribution in [0.25, 0.3) is 0 Å². The molecular formula is C14H20N2O4. The first-order chi connectivity index (χ1) is 9.58. The van der Waals surface area contributed by atoms with E-state index in [0.717, 1.165) is 32.2 Å². The second kappa shape index (κ2) is 6.45. The van der Waals surface area contributed by atoms with Crippen molar-refractivity contribution in [2.45, 2.75) is 45.2 Å². The van der Waals surface area contributed by atoms with Gasteiger partial charge in [0.05, 0.1) is 6.54 Å². The molecule has 0 aliphatic carbocycles. The summed E-state index contributed by atoms with van der Waals surface area (Å²) in [7, 11) is 0. The molecule has 2 N–H and O–H groups in total. The first-order valence-corrected chi connectivity index (χ1v) is 6.94. The van der Waals surface area contributed by atoms with Gasteiger partial charge in [0.2, 0.25) is 5.76 Å². The van der Waals surface area contributed by atoms with Gasteiger partial charge in [0.15, 0.2) is 0 Å². The first kappa shape index (κ1) is 14.4. The van der Waals surface area contributed by atoms with E-state index < -0.39 is 5.97 Å². The Labute approximate surface area is 117 Å². The largest absolute Gasteiger partial charge is 0.475 e. The quantitative estimate of drug-likeness (QED) is 0.891. The SMILES string of the molecule is CC1CCCCCN1C(=O)NCc1ccc(C(=O)O)o1. The zero-order valence-corrected chi connectivity index (χ0v) is 11.6. The highest BCUT2D eigenvalue weighted by molar-refractivity contribution is 5.84. The van der Waals surface area contributed by atoms with E-state index >= 15 is 0 Å². The third kappa shape index (κ3) is 3.53. The maximum atomic E-state index is 12.1. The Morgan fingerprint density at radius 1 is 1.40 bits per heavy atom. The van der Waals surface area contributed by atoms with Crippen molar-refractivity contribution >= 4 is 12.0 Å². The standard InChI is InChI=1S/C14H20N2O4/c1-10-5-3-2-4-8-16(10)14(19)15-9-11-6-7-12(20-11)13(17)18/h6-7,10H,2-5,8-9H2,1H3,(H,15,19)(H,17,18). The fraction of sp³-hybridized carbons (Fsp3) is 0.571. The fourth-order valence-corrected chi connectivity index (χ4v) is 2.43. The third-order valence-corrected chi connectivity index (χ3v) is 3.60. The highest BCUT2D eigenvalue weighted by Gasteiger charge is 2.21. The number of amides is 2. The normalized spacial score (nSPS) is 19.4. The summed E-state index contributed by atoms with van der Waals surface area (Å²) in [4.78, 5) is 24.7. The summed E-state index contributed by atoms with van der Waals surface area (Å²) in [6, 6.07) is 3.07. The van der Waals surface area contributed by atoms with Crippen LogP contribution in [0.3, 0.4) is 0 Å². The van der Waals surface area contributed by atoms with Crippen LogP contribution >= 0.6 is 0 Å². The zero-order valence-electron chi connectivity index (χ0n) is 11.6. The van der Waals surface area contributed by atoms with Crippen LogP contribution in [0, 0.1) is 0 Å². The van der Waals surface area contributed by atoms with Crippen molar-refractivity contribution in [3.63, 3.8) is 0 Å². The number of hydrogen-bond acceptors (Lipinski definition) is 3. The minimum atomic E-state index is -1.11. The molecule has 20 heavy (non-hydrogen) atoms. The van der Waals surface area contributed by atoms with Crippen LogP contribution in [0.4, 0.5) is 4.79 Å². The van der Waals surface area contributed by atoms with Gasteiger partial charge in [0.25, 0.3) is 0 Å². The molecule has 2 heterocycles. The molecule has 6 nitrogen and oxygen atoms in total. The van der Waals surface area contributed by atoms with E-state index in [9.17, 15) is 9.59 Å². The van der Waals surface area contributed by atoms with Gasteiger partial charge in [-0.1, -0.05) is 12.8 Å². The number of hydrogen-bond donors (Lipinski definition) is 2. The van der Waals surface area contributed by atoms with Crippen LogP contribution in [-0.2, 0) is 6.54 Å². The van der Waals surface area contributed by atoms with Crippen molar-refractivity contribution in [1.82, 2.24) is 10.2 Å². The average molecular weight is 280 g/mol. The molecule has 110 valence electrons. The number of carboxylic acids is 1. The summed E-state index contributed by atoms with van der Waals surface area (Å²) in [6.45, 7) is 3.03. The number of carbonyl (C=O) groups is 2. The Morgan fingerprint density at radius 3 is 2.90 bits per heavy atom. The molecule has 0 aromatic carbocycles. The lowest BCUT2D eigenvalue weighted by Crippen LogP contribution is -2.44.